The number of aryl methyl sites for hydroxylation is 1. The Hall–Kier alpha value is -2.09. The summed E-state index contributed by atoms with van der Waals surface area (Å²) in [4.78, 5) is 25.8. The highest BCUT2D eigenvalue weighted by Gasteiger charge is 2.13. The lowest BCUT2D eigenvalue weighted by Crippen LogP contribution is -2.41. The maximum atomic E-state index is 11.6. The molecule has 0 spiro atoms. The summed E-state index contributed by atoms with van der Waals surface area (Å²) in [5, 5.41) is 3.57. The van der Waals surface area contributed by atoms with Gasteiger partial charge in [-0.3, -0.25) is 20.4 Å². The molecule has 7 nitrogen and oxygen atoms in total. The van der Waals surface area contributed by atoms with Crippen LogP contribution in [0.4, 0.5) is 0 Å². The van der Waals surface area contributed by atoms with Gasteiger partial charge in [0, 0.05) is 16.7 Å². The quantitative estimate of drug-likeness (QED) is 0.724. The highest BCUT2D eigenvalue weighted by Crippen LogP contribution is 2.10. The number of aromatic nitrogens is 2. The van der Waals surface area contributed by atoms with Crippen LogP contribution in [0.15, 0.2) is 27.3 Å². The van der Waals surface area contributed by atoms with Crippen LogP contribution in [0.1, 0.15) is 26.7 Å². The Morgan fingerprint density at radius 3 is 2.61 bits per heavy atom. The van der Waals surface area contributed by atoms with E-state index in [9.17, 15) is 9.59 Å². The lowest BCUT2D eigenvalue weighted by atomic mass is 10.4. The fourth-order valence-corrected chi connectivity index (χ4v) is 1.56. The van der Waals surface area contributed by atoms with Crippen LogP contribution in [-0.4, -0.2) is 22.0 Å². The van der Waals surface area contributed by atoms with Crippen LogP contribution >= 0.6 is 15.9 Å². The van der Waals surface area contributed by atoms with Gasteiger partial charge in [0.2, 0.25) is 5.76 Å². The molecule has 0 saturated heterocycles. The Kier molecular flexibility index (Phi) is 3.47. The molecule has 0 atom stereocenters. The van der Waals surface area contributed by atoms with Gasteiger partial charge in [-0.05, 0) is 28.9 Å². The number of halogens is 1. The number of nitrogens with zero attached hydrogens (tertiary/aromatic N) is 1. The number of nitrogens with one attached hydrogen (secondary N) is 3. The molecule has 0 aromatic carbocycles. The number of carbonyl (C=O) groups excluding carboxylic acids is 2. The highest BCUT2D eigenvalue weighted by atomic mass is 79.9. The highest BCUT2D eigenvalue weighted by molar-refractivity contribution is 9.10. The number of hydrogen-bond donors (Lipinski definition) is 3. The molecule has 18 heavy (non-hydrogen) atoms. The molecule has 2 aromatic rings. The molecule has 0 fully saturated rings. The second-order valence-electron chi connectivity index (χ2n) is 3.47. The minimum absolute atomic E-state index is 0.0282. The zero-order chi connectivity index (χ0) is 13.1. The van der Waals surface area contributed by atoms with Gasteiger partial charge in [0.05, 0.1) is 5.69 Å². The first-order chi connectivity index (χ1) is 8.56. The number of H-pyrrole nitrogens is 1. The molecule has 0 aliphatic heterocycles. The van der Waals surface area contributed by atoms with Crippen molar-refractivity contribution in [1.29, 1.82) is 0 Å². The topological polar surface area (TPSA) is 100 Å². The number of amides is 2. The Morgan fingerprint density at radius 1 is 1.33 bits per heavy atom. The zero-order valence-corrected chi connectivity index (χ0v) is 10.9. The van der Waals surface area contributed by atoms with Crippen molar-refractivity contribution in [2.75, 3.05) is 0 Å². The predicted molar refractivity (Wildman–Crippen MR) is 64.7 cm³/mol. The van der Waals surface area contributed by atoms with E-state index in [4.69, 9.17) is 4.52 Å². The largest absolute Gasteiger partial charge is 0.356 e. The van der Waals surface area contributed by atoms with Crippen LogP contribution < -0.4 is 10.9 Å². The van der Waals surface area contributed by atoms with Gasteiger partial charge in [0.15, 0.2) is 0 Å². The Morgan fingerprint density at radius 2 is 2.06 bits per heavy atom. The summed E-state index contributed by atoms with van der Waals surface area (Å²) >= 11 is 3.20. The fraction of sp³-hybridized carbons (Fsp3) is 0.100. The van der Waals surface area contributed by atoms with Gasteiger partial charge in [-0.1, -0.05) is 5.16 Å². The van der Waals surface area contributed by atoms with Crippen molar-refractivity contribution in [1.82, 2.24) is 21.0 Å². The SMILES string of the molecule is Cc1cc(C(=O)NNC(=O)c2cc(Br)c[nH]2)on1. The molecule has 2 rings (SSSR count). The predicted octanol–water partition coefficient (Wildman–Crippen LogP) is 1.15. The Labute approximate surface area is 110 Å². The maximum absolute atomic E-state index is 11.6. The third kappa shape index (κ3) is 2.77. The van der Waals surface area contributed by atoms with E-state index in [0.717, 1.165) is 4.47 Å². The van der Waals surface area contributed by atoms with Gasteiger partial charge in [0.25, 0.3) is 5.91 Å². The molecule has 0 aliphatic carbocycles. The number of rotatable bonds is 2. The fourth-order valence-electron chi connectivity index (χ4n) is 1.21. The van der Waals surface area contributed by atoms with Gasteiger partial charge in [0.1, 0.15) is 5.69 Å². The standard InChI is InChI=1S/C10H9BrN4O3/c1-5-2-8(18-15-5)10(17)14-13-9(16)7-3-6(11)4-12-7/h2-4,12H,1H3,(H,13,16)(H,14,17). The van der Waals surface area contributed by atoms with Crippen molar-refractivity contribution in [3.8, 4) is 0 Å². The molecular formula is C10H9BrN4O3. The third-order valence-electron chi connectivity index (χ3n) is 2.03. The van der Waals surface area contributed by atoms with Crippen LogP contribution in [-0.2, 0) is 0 Å². The van der Waals surface area contributed by atoms with Crippen LogP contribution in [0.5, 0.6) is 0 Å². The van der Waals surface area contributed by atoms with Gasteiger partial charge >= 0.3 is 5.91 Å². The monoisotopic (exact) mass is 312 g/mol. The van der Waals surface area contributed by atoms with Crippen molar-refractivity contribution in [2.45, 2.75) is 6.92 Å². The molecule has 0 unspecified atom stereocenters. The van der Waals surface area contributed by atoms with E-state index in [-0.39, 0.29) is 5.76 Å². The summed E-state index contributed by atoms with van der Waals surface area (Å²) in [5.74, 6) is -1.01. The Balaban J connectivity index is 1.92. The molecule has 2 aromatic heterocycles. The van der Waals surface area contributed by atoms with Crippen LogP contribution in [0.3, 0.4) is 0 Å². The van der Waals surface area contributed by atoms with E-state index >= 15 is 0 Å². The van der Waals surface area contributed by atoms with Crippen LogP contribution in [0.2, 0.25) is 0 Å². The van der Waals surface area contributed by atoms with Crippen LogP contribution in [0.25, 0.3) is 0 Å². The van der Waals surface area contributed by atoms with E-state index in [1.165, 1.54) is 6.07 Å². The first-order valence-electron chi connectivity index (χ1n) is 4.94. The lowest BCUT2D eigenvalue weighted by Gasteiger charge is -2.03. The van der Waals surface area contributed by atoms with Gasteiger partial charge in [-0.2, -0.15) is 0 Å². The van der Waals surface area contributed by atoms with E-state index in [0.29, 0.717) is 11.4 Å². The number of carbonyl (C=O) groups is 2. The second-order valence-corrected chi connectivity index (χ2v) is 4.39. The minimum Gasteiger partial charge on any atom is -0.356 e. The molecule has 0 saturated carbocycles. The summed E-state index contributed by atoms with van der Waals surface area (Å²) in [7, 11) is 0. The van der Waals surface area contributed by atoms with E-state index < -0.39 is 11.8 Å². The summed E-state index contributed by atoms with van der Waals surface area (Å²) < 4.78 is 5.48. The van der Waals surface area contributed by atoms with Crippen molar-refractivity contribution >= 4 is 27.7 Å². The minimum atomic E-state index is -0.574. The molecule has 0 radical (unpaired) electrons. The normalized spacial score (nSPS) is 10.1. The number of aromatic amines is 1. The molecule has 0 bridgehead atoms. The van der Waals surface area contributed by atoms with Crippen molar-refractivity contribution in [3.63, 3.8) is 0 Å². The maximum Gasteiger partial charge on any atom is 0.308 e. The van der Waals surface area contributed by atoms with Crippen molar-refractivity contribution in [2.24, 2.45) is 0 Å². The Bertz CT molecular complexity index is 537. The summed E-state index contributed by atoms with van der Waals surface area (Å²) in [6.45, 7) is 1.69. The van der Waals surface area contributed by atoms with Gasteiger partial charge < -0.3 is 9.51 Å². The van der Waals surface area contributed by atoms with Gasteiger partial charge in [-0.25, -0.2) is 0 Å². The van der Waals surface area contributed by atoms with Gasteiger partial charge in [-0.15, -0.1) is 0 Å². The molecule has 8 heteroatoms. The zero-order valence-electron chi connectivity index (χ0n) is 9.28. The summed E-state index contributed by atoms with van der Waals surface area (Å²) in [5.41, 5.74) is 5.35. The number of hydrazine groups is 1. The lowest BCUT2D eigenvalue weighted by molar-refractivity contribution is 0.0823. The van der Waals surface area contributed by atoms with E-state index in [1.807, 2.05) is 0 Å². The molecule has 2 amide bonds. The van der Waals surface area contributed by atoms with Crippen molar-refractivity contribution in [3.05, 3.63) is 40.0 Å². The summed E-state index contributed by atoms with van der Waals surface area (Å²) in [6, 6.07) is 3.05. The first-order valence-corrected chi connectivity index (χ1v) is 5.73. The second kappa shape index (κ2) is 5.05. The van der Waals surface area contributed by atoms with E-state index in [1.54, 1.807) is 19.2 Å². The molecule has 94 valence electrons. The van der Waals surface area contributed by atoms with Crippen LogP contribution in [0, 0.1) is 6.92 Å². The van der Waals surface area contributed by atoms with E-state index in [2.05, 4.69) is 36.9 Å². The number of hydrogen-bond acceptors (Lipinski definition) is 4. The molecular weight excluding hydrogens is 304 g/mol. The third-order valence-corrected chi connectivity index (χ3v) is 2.49. The average molecular weight is 313 g/mol. The average Bonchev–Trinajstić information content (AvgIpc) is 2.94. The first kappa shape index (κ1) is 12.4. The molecule has 2 heterocycles. The smallest absolute Gasteiger partial charge is 0.308 e. The van der Waals surface area contributed by atoms with Crippen molar-refractivity contribution < 1.29 is 14.1 Å². The summed E-state index contributed by atoms with van der Waals surface area (Å²) in [6.07, 6.45) is 1.61. The molecule has 0 aliphatic rings. The molecule has 3 N–H and O–H groups in total.